The molecule has 1 saturated heterocycles. The summed E-state index contributed by atoms with van der Waals surface area (Å²) in [5.74, 6) is -0.421. The molecule has 0 saturated carbocycles. The molecular weight excluding hydrogens is 520 g/mol. The topological polar surface area (TPSA) is 108 Å². The second kappa shape index (κ2) is 11.1. The second-order valence-electron chi connectivity index (χ2n) is 9.33. The third-order valence-electron chi connectivity index (χ3n) is 6.06. The van der Waals surface area contributed by atoms with Gasteiger partial charge in [0, 0.05) is 44.6 Å². The number of nitrogens with one attached hydrogen (secondary N) is 2. The van der Waals surface area contributed by atoms with Crippen molar-refractivity contribution in [2.75, 3.05) is 69.2 Å². The number of piperazine rings is 1. The second-order valence-corrected chi connectivity index (χ2v) is 12.5. The lowest BCUT2D eigenvalue weighted by atomic mass is 10.1. The van der Waals surface area contributed by atoms with Crippen LogP contribution in [0, 0.1) is 0 Å². The van der Waals surface area contributed by atoms with E-state index >= 15 is 0 Å². The van der Waals surface area contributed by atoms with E-state index in [9.17, 15) is 17.7 Å². The maximum atomic E-state index is 13.7. The molecule has 38 heavy (non-hydrogen) atoms. The molecule has 0 aliphatic carbocycles. The lowest BCUT2D eigenvalue weighted by molar-refractivity contribution is -0.137. The normalized spacial score (nSPS) is 14.9. The van der Waals surface area contributed by atoms with Crippen LogP contribution in [-0.2, 0) is 17.3 Å². The van der Waals surface area contributed by atoms with Crippen molar-refractivity contribution in [3.63, 3.8) is 0 Å². The van der Waals surface area contributed by atoms with E-state index in [0.29, 0.717) is 6.20 Å². The molecule has 0 bridgehead atoms. The predicted molar refractivity (Wildman–Crippen MR) is 141 cm³/mol. The van der Waals surface area contributed by atoms with Gasteiger partial charge in [-0.15, -0.1) is 0 Å². The van der Waals surface area contributed by atoms with E-state index in [2.05, 4.69) is 47.4 Å². The number of alkyl halides is 3. The van der Waals surface area contributed by atoms with Crippen LogP contribution in [0.4, 0.5) is 36.4 Å². The number of ether oxygens (including phenoxy) is 1. The van der Waals surface area contributed by atoms with E-state index in [0.717, 1.165) is 37.4 Å². The molecule has 3 heterocycles. The molecule has 10 nitrogen and oxygen atoms in total. The predicted octanol–water partition coefficient (Wildman–Crippen LogP) is 3.65. The summed E-state index contributed by atoms with van der Waals surface area (Å²) >= 11 is 0. The first-order chi connectivity index (χ1) is 17.9. The van der Waals surface area contributed by atoms with Crippen LogP contribution in [-0.4, -0.2) is 78.5 Å². The Kier molecular flexibility index (Phi) is 8.08. The van der Waals surface area contributed by atoms with Gasteiger partial charge < -0.3 is 29.7 Å². The summed E-state index contributed by atoms with van der Waals surface area (Å²) in [6.45, 7) is 7.02. The van der Waals surface area contributed by atoms with Crippen LogP contribution in [0.5, 0.6) is 5.88 Å². The Morgan fingerprint density at radius 3 is 2.29 bits per heavy atom. The summed E-state index contributed by atoms with van der Waals surface area (Å²) in [5, 5.41) is 5.53. The van der Waals surface area contributed by atoms with Gasteiger partial charge in [0.05, 0.1) is 13.3 Å². The van der Waals surface area contributed by atoms with Crippen molar-refractivity contribution in [3.05, 3.63) is 47.8 Å². The van der Waals surface area contributed by atoms with Gasteiger partial charge in [-0.2, -0.15) is 18.2 Å². The summed E-state index contributed by atoms with van der Waals surface area (Å²) in [5.41, 5.74) is 1.14. The quantitative estimate of drug-likeness (QED) is 0.404. The van der Waals surface area contributed by atoms with Gasteiger partial charge in [0.15, 0.2) is 5.82 Å². The summed E-state index contributed by atoms with van der Waals surface area (Å²) < 4.78 is 58.5. The summed E-state index contributed by atoms with van der Waals surface area (Å²) in [7, 11) is 0.743. The van der Waals surface area contributed by atoms with E-state index in [4.69, 9.17) is 4.74 Å². The number of anilines is 4. The Balaban J connectivity index is 1.52. The summed E-state index contributed by atoms with van der Waals surface area (Å²) in [4.78, 5) is 20.7. The van der Waals surface area contributed by atoms with Crippen LogP contribution < -0.4 is 25.7 Å². The molecule has 0 spiro atoms. The number of rotatable bonds is 8. The highest BCUT2D eigenvalue weighted by molar-refractivity contribution is 7.69. The van der Waals surface area contributed by atoms with Crippen LogP contribution in [0.1, 0.15) is 11.1 Å². The Labute approximate surface area is 219 Å². The maximum Gasteiger partial charge on any atom is 0.421 e. The largest absolute Gasteiger partial charge is 0.478 e. The first-order valence-electron chi connectivity index (χ1n) is 11.9. The zero-order chi connectivity index (χ0) is 27.5. The fourth-order valence-corrected chi connectivity index (χ4v) is 4.48. The average molecular weight is 551 g/mol. The molecule has 4 rings (SSSR count). The lowest BCUT2D eigenvalue weighted by Crippen LogP contribution is -2.44. The summed E-state index contributed by atoms with van der Waals surface area (Å²) in [6.07, 6.45) is -2.63. The zero-order valence-corrected chi connectivity index (χ0v) is 22.5. The number of aromatic nitrogens is 4. The smallest absolute Gasteiger partial charge is 0.421 e. The standard InChI is InChI=1S/C24H30F3N8O2P/c1-34-9-11-35(12-10-34)17-7-5-16(6-8-17)13-28-20-18(24(25,26)27)14-30-23(32-20)33-21-22(37-2)31-19(15-29-21)38(3,4)36/h5-8,14-15H,9-13H2,1-4H3,(H2,28,29,30,32,33). The van der Waals surface area contributed by atoms with Gasteiger partial charge >= 0.3 is 6.18 Å². The fraction of sp³-hybridized carbons (Fsp3) is 0.417. The van der Waals surface area contributed by atoms with Gasteiger partial charge in [-0.3, -0.25) is 0 Å². The van der Waals surface area contributed by atoms with Crippen molar-refractivity contribution in [1.29, 1.82) is 0 Å². The van der Waals surface area contributed by atoms with Crippen LogP contribution in [0.2, 0.25) is 0 Å². The number of methoxy groups -OCH3 is 1. The molecular formula is C24H30F3N8O2P. The van der Waals surface area contributed by atoms with E-state index in [1.807, 2.05) is 24.3 Å². The first kappa shape index (κ1) is 27.6. The van der Waals surface area contributed by atoms with E-state index in [1.54, 1.807) is 13.3 Å². The molecule has 2 N–H and O–H groups in total. The van der Waals surface area contributed by atoms with Crippen molar-refractivity contribution in [1.82, 2.24) is 24.8 Å². The van der Waals surface area contributed by atoms with E-state index < -0.39 is 18.9 Å². The van der Waals surface area contributed by atoms with Crippen molar-refractivity contribution < 1.29 is 22.5 Å². The molecule has 204 valence electrons. The zero-order valence-electron chi connectivity index (χ0n) is 21.6. The minimum absolute atomic E-state index is 0.0184. The van der Waals surface area contributed by atoms with Crippen molar-refractivity contribution in [2.45, 2.75) is 12.7 Å². The number of benzene rings is 1. The van der Waals surface area contributed by atoms with Gasteiger partial charge in [-0.25, -0.2) is 15.0 Å². The Morgan fingerprint density at radius 2 is 1.68 bits per heavy atom. The van der Waals surface area contributed by atoms with Crippen molar-refractivity contribution in [3.8, 4) is 5.88 Å². The molecule has 14 heteroatoms. The third-order valence-corrected chi connectivity index (χ3v) is 7.38. The SMILES string of the molecule is COc1nc(P(C)(C)=O)cnc1Nc1ncc(C(F)(F)F)c(NCc2ccc(N3CCN(C)CC3)cc2)n1. The van der Waals surface area contributed by atoms with Crippen molar-refractivity contribution >= 4 is 35.8 Å². The lowest BCUT2D eigenvalue weighted by Gasteiger charge is -2.34. The molecule has 2 aromatic heterocycles. The molecule has 1 aliphatic heterocycles. The fourth-order valence-electron chi connectivity index (χ4n) is 3.82. The van der Waals surface area contributed by atoms with Gasteiger partial charge in [0.25, 0.3) is 5.88 Å². The van der Waals surface area contributed by atoms with Crippen LogP contribution in [0.25, 0.3) is 0 Å². The van der Waals surface area contributed by atoms with Gasteiger partial charge in [-0.1, -0.05) is 12.1 Å². The highest BCUT2D eigenvalue weighted by Crippen LogP contribution is 2.36. The minimum atomic E-state index is -4.66. The third kappa shape index (κ3) is 6.70. The average Bonchev–Trinajstić information content (AvgIpc) is 2.87. The Hall–Kier alpha value is -3.44. The van der Waals surface area contributed by atoms with Gasteiger partial charge in [-0.05, 0) is 38.1 Å². The molecule has 0 radical (unpaired) electrons. The number of hydrogen-bond donors (Lipinski definition) is 2. The molecule has 1 aliphatic rings. The molecule has 1 aromatic carbocycles. The van der Waals surface area contributed by atoms with Crippen LogP contribution in [0.15, 0.2) is 36.7 Å². The molecule has 0 amide bonds. The van der Waals surface area contributed by atoms with E-state index in [-0.39, 0.29) is 35.4 Å². The van der Waals surface area contributed by atoms with E-state index in [1.165, 1.54) is 13.3 Å². The Morgan fingerprint density at radius 1 is 1.00 bits per heavy atom. The number of hydrogen-bond acceptors (Lipinski definition) is 10. The molecule has 1 fully saturated rings. The molecule has 3 aromatic rings. The number of likely N-dealkylation sites (N-methyl/N-ethyl adjacent to an activating group) is 1. The summed E-state index contributed by atoms with van der Waals surface area (Å²) in [6, 6.07) is 7.72. The molecule has 0 unspecified atom stereocenters. The van der Waals surface area contributed by atoms with Gasteiger partial charge in [0.2, 0.25) is 5.95 Å². The highest BCUT2D eigenvalue weighted by atomic mass is 31.2. The Bertz CT molecular complexity index is 1310. The van der Waals surface area contributed by atoms with Crippen molar-refractivity contribution in [2.24, 2.45) is 0 Å². The van der Waals surface area contributed by atoms with Crippen LogP contribution >= 0.6 is 7.14 Å². The monoisotopic (exact) mass is 550 g/mol. The first-order valence-corrected chi connectivity index (χ1v) is 14.5. The highest BCUT2D eigenvalue weighted by Gasteiger charge is 2.35. The molecule has 0 atom stereocenters. The van der Waals surface area contributed by atoms with Gasteiger partial charge in [0.1, 0.15) is 24.0 Å². The number of nitrogens with zero attached hydrogens (tertiary/aromatic N) is 6. The minimum Gasteiger partial charge on any atom is -0.478 e. The maximum absolute atomic E-state index is 13.7. The van der Waals surface area contributed by atoms with Crippen LogP contribution in [0.3, 0.4) is 0 Å². The number of halogens is 3.